The minimum atomic E-state index is -5.02. The lowest BCUT2D eigenvalue weighted by Gasteiger charge is -2.31. The van der Waals surface area contributed by atoms with Crippen molar-refractivity contribution in [2.24, 2.45) is 10.4 Å². The molecule has 0 amide bonds. The average molecular weight is 447 g/mol. The van der Waals surface area contributed by atoms with Crippen molar-refractivity contribution >= 4 is 23.4 Å². The highest BCUT2D eigenvalue weighted by Gasteiger charge is 2.39. The summed E-state index contributed by atoms with van der Waals surface area (Å²) in [6.45, 7) is 3.43. The second kappa shape index (κ2) is 7.61. The van der Waals surface area contributed by atoms with Crippen molar-refractivity contribution in [2.75, 3.05) is 0 Å². The van der Waals surface area contributed by atoms with E-state index in [2.05, 4.69) is 10.1 Å². The Labute approximate surface area is 171 Å². The van der Waals surface area contributed by atoms with Crippen LogP contribution in [-0.2, 0) is 17.1 Å². The maximum Gasteiger partial charge on any atom is 0.432 e. The molecule has 1 heterocycles. The number of alkyl halides is 6. The van der Waals surface area contributed by atoms with Crippen molar-refractivity contribution in [2.45, 2.75) is 39.0 Å². The van der Waals surface area contributed by atoms with E-state index in [1.807, 2.05) is 0 Å². The summed E-state index contributed by atoms with van der Waals surface area (Å²) in [5.41, 5.74) is -4.18. The van der Waals surface area contributed by atoms with E-state index >= 15 is 0 Å². The van der Waals surface area contributed by atoms with Crippen LogP contribution in [0.2, 0.25) is 0 Å². The van der Waals surface area contributed by atoms with Crippen molar-refractivity contribution in [1.82, 2.24) is 10.2 Å². The van der Waals surface area contributed by atoms with Gasteiger partial charge in [0.2, 0.25) is 0 Å². The first-order valence-electron chi connectivity index (χ1n) is 8.98. The summed E-state index contributed by atoms with van der Waals surface area (Å²) < 4.78 is 92.3. The summed E-state index contributed by atoms with van der Waals surface area (Å²) in [5.74, 6) is -2.45. The number of aromatic nitrogens is 2. The maximum atomic E-state index is 13.9. The van der Waals surface area contributed by atoms with E-state index in [4.69, 9.17) is 0 Å². The lowest BCUT2D eigenvalue weighted by atomic mass is 9.73. The smallest absolute Gasteiger partial charge is 0.294 e. The van der Waals surface area contributed by atoms with Crippen molar-refractivity contribution in [3.63, 3.8) is 0 Å². The first-order chi connectivity index (χ1) is 14.2. The van der Waals surface area contributed by atoms with E-state index in [1.165, 1.54) is 0 Å². The summed E-state index contributed by atoms with van der Waals surface area (Å²) in [5, 5.41) is 5.23. The van der Waals surface area contributed by atoms with Crippen LogP contribution in [0.4, 0.5) is 36.6 Å². The molecule has 1 aliphatic carbocycles. The molecule has 0 bridgehead atoms. The van der Waals surface area contributed by atoms with Gasteiger partial charge in [-0.2, -0.15) is 31.4 Å². The van der Waals surface area contributed by atoms with Crippen LogP contribution < -0.4 is 0 Å². The third-order valence-electron chi connectivity index (χ3n) is 4.64. The van der Waals surface area contributed by atoms with Gasteiger partial charge in [0.25, 0.3) is 0 Å². The van der Waals surface area contributed by atoms with E-state index in [9.17, 15) is 35.5 Å². The van der Waals surface area contributed by atoms with Crippen molar-refractivity contribution in [3.05, 3.63) is 52.5 Å². The largest absolute Gasteiger partial charge is 0.432 e. The van der Waals surface area contributed by atoms with E-state index in [0.29, 0.717) is 12.1 Å². The molecule has 31 heavy (non-hydrogen) atoms. The molecule has 1 aliphatic rings. The number of nitrogens with zero attached hydrogens (tertiary/aromatic N) is 2. The number of nitrogens with one attached hydrogen (secondary N) is 1. The monoisotopic (exact) mass is 447 g/mol. The molecule has 0 aliphatic heterocycles. The summed E-state index contributed by atoms with van der Waals surface area (Å²) >= 11 is 0. The summed E-state index contributed by atoms with van der Waals surface area (Å²) in [7, 11) is 0. The molecular formula is C20H16F7N3O. The number of ketones is 1. The molecule has 166 valence electrons. The van der Waals surface area contributed by atoms with Gasteiger partial charge in [-0.25, -0.2) is 9.38 Å². The van der Waals surface area contributed by atoms with Crippen LogP contribution >= 0.6 is 0 Å². The van der Waals surface area contributed by atoms with Gasteiger partial charge in [0, 0.05) is 18.1 Å². The molecule has 0 radical (unpaired) electrons. The molecule has 1 fully saturated rings. The van der Waals surface area contributed by atoms with E-state index in [-0.39, 0.29) is 29.9 Å². The molecule has 0 spiro atoms. The molecule has 1 aromatic heterocycles. The zero-order valence-electron chi connectivity index (χ0n) is 16.2. The maximum absolute atomic E-state index is 13.9. The van der Waals surface area contributed by atoms with Gasteiger partial charge >= 0.3 is 12.4 Å². The predicted octanol–water partition coefficient (Wildman–Crippen LogP) is 6.13. The molecule has 1 saturated carbocycles. The molecule has 0 atom stereocenters. The van der Waals surface area contributed by atoms with E-state index < -0.39 is 46.2 Å². The quantitative estimate of drug-likeness (QED) is 0.445. The van der Waals surface area contributed by atoms with Gasteiger partial charge in [-0.15, -0.1) is 0 Å². The van der Waals surface area contributed by atoms with Crippen LogP contribution in [0.3, 0.4) is 0 Å². The zero-order chi connectivity index (χ0) is 23.2. The third kappa shape index (κ3) is 5.02. The molecule has 3 rings (SSSR count). The molecule has 11 heteroatoms. The Balaban J connectivity index is 2.15. The zero-order valence-corrected chi connectivity index (χ0v) is 16.2. The number of carbonyl (C=O) groups is 1. The number of carbonyl (C=O) groups excluding carboxylic acids is 1. The SMILES string of the molecule is CC1(C)CC(=O)/C(=C\c2cccc(F)c2C(F)(F)F)C(=Nc2cc(C(F)(F)F)[nH]n2)C1. The second-order valence-corrected chi connectivity index (χ2v) is 7.90. The fourth-order valence-electron chi connectivity index (χ4n) is 3.33. The van der Waals surface area contributed by atoms with Crippen LogP contribution in [-0.4, -0.2) is 21.7 Å². The summed E-state index contributed by atoms with van der Waals surface area (Å²) in [6, 6.07) is 3.34. The molecular weight excluding hydrogens is 431 g/mol. The molecule has 0 unspecified atom stereocenters. The Bertz CT molecular complexity index is 1080. The normalized spacial score (nSPS) is 20.0. The van der Waals surface area contributed by atoms with Gasteiger partial charge in [0.1, 0.15) is 11.5 Å². The molecule has 0 saturated heterocycles. The van der Waals surface area contributed by atoms with Crippen LogP contribution in [0.5, 0.6) is 0 Å². The van der Waals surface area contributed by atoms with Crippen LogP contribution in [0, 0.1) is 11.2 Å². The minimum Gasteiger partial charge on any atom is -0.294 e. The van der Waals surface area contributed by atoms with Gasteiger partial charge in [0.05, 0.1) is 11.3 Å². The first kappa shape index (κ1) is 22.7. The van der Waals surface area contributed by atoms with E-state index in [0.717, 1.165) is 18.2 Å². The summed E-state index contributed by atoms with van der Waals surface area (Å²) in [4.78, 5) is 16.7. The Hall–Kier alpha value is -2.98. The number of aliphatic imine (C=N–C) groups is 1. The number of H-pyrrole nitrogens is 1. The minimum absolute atomic E-state index is 0.0249. The Kier molecular flexibility index (Phi) is 5.57. The number of halogens is 7. The lowest BCUT2D eigenvalue weighted by Crippen LogP contribution is -2.31. The standard InChI is InChI=1S/C20H16F7N3O/c1-18(2)8-13(28-16-7-15(29-30-16)19(22,23)24)11(14(31)9-18)6-10-4-3-5-12(21)17(10)20(25,26)27/h3-7H,8-9H2,1-2H3,(H,29,30)/b11-6-,28-13?. The number of benzene rings is 1. The van der Waals surface area contributed by atoms with E-state index in [1.54, 1.807) is 18.9 Å². The summed E-state index contributed by atoms with van der Waals surface area (Å²) in [6.07, 6.45) is -8.78. The Morgan fingerprint density at radius 3 is 2.35 bits per heavy atom. The fraction of sp³-hybridized carbons (Fsp3) is 0.350. The van der Waals surface area contributed by atoms with Crippen molar-refractivity contribution < 1.29 is 35.5 Å². The number of Topliss-reactive ketones (excluding diaryl/α,β-unsaturated/α-hetero) is 1. The number of rotatable bonds is 2. The van der Waals surface area contributed by atoms with Gasteiger partial charge in [0.15, 0.2) is 11.6 Å². The number of hydrogen-bond donors (Lipinski definition) is 1. The highest BCUT2D eigenvalue weighted by molar-refractivity contribution is 6.27. The van der Waals surface area contributed by atoms with Gasteiger partial charge in [-0.3, -0.25) is 9.89 Å². The highest BCUT2D eigenvalue weighted by atomic mass is 19.4. The number of hydrogen-bond acceptors (Lipinski definition) is 3. The van der Waals surface area contributed by atoms with Crippen LogP contribution in [0.1, 0.15) is 43.5 Å². The molecule has 1 aromatic carbocycles. The van der Waals surface area contributed by atoms with Gasteiger partial charge < -0.3 is 0 Å². The third-order valence-corrected chi connectivity index (χ3v) is 4.64. The highest BCUT2D eigenvalue weighted by Crippen LogP contribution is 2.39. The Morgan fingerprint density at radius 2 is 1.77 bits per heavy atom. The molecule has 4 nitrogen and oxygen atoms in total. The van der Waals surface area contributed by atoms with Gasteiger partial charge in [-0.1, -0.05) is 26.0 Å². The topological polar surface area (TPSA) is 58.1 Å². The fourth-order valence-corrected chi connectivity index (χ4v) is 3.33. The first-order valence-corrected chi connectivity index (χ1v) is 8.98. The van der Waals surface area contributed by atoms with Crippen LogP contribution in [0.15, 0.2) is 34.8 Å². The number of allylic oxidation sites excluding steroid dienone is 1. The second-order valence-electron chi connectivity index (χ2n) is 7.90. The predicted molar refractivity (Wildman–Crippen MR) is 98.1 cm³/mol. The number of aromatic amines is 1. The van der Waals surface area contributed by atoms with Gasteiger partial charge in [-0.05, 0) is 29.5 Å². The Morgan fingerprint density at radius 1 is 1.10 bits per heavy atom. The lowest BCUT2D eigenvalue weighted by molar-refractivity contribution is -0.141. The molecule has 2 aromatic rings. The van der Waals surface area contributed by atoms with Crippen LogP contribution in [0.25, 0.3) is 6.08 Å². The molecule has 1 N–H and O–H groups in total. The van der Waals surface area contributed by atoms with Crippen molar-refractivity contribution in [1.29, 1.82) is 0 Å². The average Bonchev–Trinajstić information content (AvgIpc) is 3.05. The van der Waals surface area contributed by atoms with Crippen molar-refractivity contribution in [3.8, 4) is 0 Å².